The lowest BCUT2D eigenvalue weighted by Crippen LogP contribution is -2.05. The highest BCUT2D eigenvalue weighted by Crippen LogP contribution is 2.24. The molecule has 2 rings (SSSR count). The number of benzene rings is 2. The number of halogens is 3. The lowest BCUT2D eigenvalue weighted by atomic mass is 9.93. The van der Waals surface area contributed by atoms with Gasteiger partial charge in [-0.25, -0.2) is 8.78 Å². The molecular formula is C15H13BrF2. The van der Waals surface area contributed by atoms with Gasteiger partial charge in [-0.15, -0.1) is 0 Å². The van der Waals surface area contributed by atoms with Crippen molar-refractivity contribution in [2.24, 2.45) is 0 Å². The van der Waals surface area contributed by atoms with Gasteiger partial charge in [-0.2, -0.15) is 0 Å². The van der Waals surface area contributed by atoms with Crippen molar-refractivity contribution in [1.82, 2.24) is 0 Å². The van der Waals surface area contributed by atoms with Crippen molar-refractivity contribution in [2.45, 2.75) is 12.3 Å². The number of rotatable bonds is 4. The molecule has 0 saturated heterocycles. The lowest BCUT2D eigenvalue weighted by Gasteiger charge is -2.14. The van der Waals surface area contributed by atoms with Crippen molar-refractivity contribution in [3.05, 3.63) is 71.3 Å². The molecule has 3 heteroatoms. The Labute approximate surface area is 114 Å². The van der Waals surface area contributed by atoms with Gasteiger partial charge in [0.1, 0.15) is 11.6 Å². The molecule has 0 saturated carbocycles. The molecule has 0 amide bonds. The molecule has 1 atom stereocenters. The quantitative estimate of drug-likeness (QED) is 0.719. The average molecular weight is 311 g/mol. The third kappa shape index (κ3) is 3.39. The molecule has 2 aromatic rings. The van der Waals surface area contributed by atoms with Gasteiger partial charge in [0.2, 0.25) is 0 Å². The summed E-state index contributed by atoms with van der Waals surface area (Å²) in [5, 5.41) is 0.715. The number of hydrogen-bond acceptors (Lipinski definition) is 0. The van der Waals surface area contributed by atoms with Crippen LogP contribution < -0.4 is 0 Å². The summed E-state index contributed by atoms with van der Waals surface area (Å²) in [4.78, 5) is 0. The Morgan fingerprint density at radius 2 is 1.61 bits per heavy atom. The summed E-state index contributed by atoms with van der Waals surface area (Å²) < 4.78 is 26.3. The van der Waals surface area contributed by atoms with Crippen molar-refractivity contribution in [2.75, 3.05) is 5.33 Å². The fourth-order valence-corrected chi connectivity index (χ4v) is 2.57. The molecule has 2 aromatic carbocycles. The molecule has 0 spiro atoms. The van der Waals surface area contributed by atoms with E-state index in [9.17, 15) is 8.78 Å². The summed E-state index contributed by atoms with van der Waals surface area (Å²) in [6.07, 6.45) is 0.687. The van der Waals surface area contributed by atoms with Gasteiger partial charge < -0.3 is 0 Å². The highest BCUT2D eigenvalue weighted by molar-refractivity contribution is 9.09. The molecule has 94 valence electrons. The standard InChI is InChI=1S/C15H13BrF2/c16-10-13(12-4-2-6-15(18)9-12)7-11-3-1-5-14(17)8-11/h1-6,8-9,13H,7,10H2. The topological polar surface area (TPSA) is 0 Å². The van der Waals surface area contributed by atoms with E-state index in [1.165, 1.54) is 24.3 Å². The Morgan fingerprint density at radius 1 is 0.944 bits per heavy atom. The van der Waals surface area contributed by atoms with Crippen LogP contribution in [0.1, 0.15) is 17.0 Å². The van der Waals surface area contributed by atoms with Crippen molar-refractivity contribution in [3.63, 3.8) is 0 Å². The zero-order valence-corrected chi connectivity index (χ0v) is 11.3. The van der Waals surface area contributed by atoms with Gasteiger partial charge in [0.15, 0.2) is 0 Å². The van der Waals surface area contributed by atoms with Crippen molar-refractivity contribution < 1.29 is 8.78 Å². The molecule has 0 nitrogen and oxygen atoms in total. The normalized spacial score (nSPS) is 12.4. The van der Waals surface area contributed by atoms with Gasteiger partial charge in [0, 0.05) is 5.33 Å². The molecule has 0 radical (unpaired) electrons. The minimum absolute atomic E-state index is 0.141. The van der Waals surface area contributed by atoms with E-state index in [1.54, 1.807) is 12.1 Å². The van der Waals surface area contributed by atoms with E-state index in [-0.39, 0.29) is 17.6 Å². The summed E-state index contributed by atoms with van der Waals surface area (Å²) >= 11 is 3.44. The Balaban J connectivity index is 2.19. The van der Waals surface area contributed by atoms with Crippen molar-refractivity contribution in [1.29, 1.82) is 0 Å². The molecule has 0 aliphatic rings. The van der Waals surface area contributed by atoms with Gasteiger partial charge in [-0.05, 0) is 47.7 Å². The Hall–Kier alpha value is -1.22. The summed E-state index contributed by atoms with van der Waals surface area (Å²) in [7, 11) is 0. The van der Waals surface area contributed by atoms with Gasteiger partial charge in [0.05, 0.1) is 0 Å². The average Bonchev–Trinajstić information content (AvgIpc) is 2.36. The second-order valence-electron chi connectivity index (χ2n) is 4.24. The van der Waals surface area contributed by atoms with E-state index in [1.807, 2.05) is 12.1 Å². The van der Waals surface area contributed by atoms with E-state index in [0.29, 0.717) is 11.8 Å². The van der Waals surface area contributed by atoms with Crippen LogP contribution in [0, 0.1) is 11.6 Å². The maximum Gasteiger partial charge on any atom is 0.123 e. The van der Waals surface area contributed by atoms with Crippen LogP contribution in [0.2, 0.25) is 0 Å². The van der Waals surface area contributed by atoms with E-state index < -0.39 is 0 Å². The SMILES string of the molecule is Fc1cccc(CC(CBr)c2cccc(F)c2)c1. The van der Waals surface area contributed by atoms with Crippen molar-refractivity contribution in [3.8, 4) is 0 Å². The largest absolute Gasteiger partial charge is 0.207 e. The van der Waals surface area contributed by atoms with E-state index in [2.05, 4.69) is 15.9 Å². The van der Waals surface area contributed by atoms with Crippen LogP contribution in [0.3, 0.4) is 0 Å². The van der Waals surface area contributed by atoms with Crippen LogP contribution in [-0.4, -0.2) is 5.33 Å². The molecule has 0 aliphatic heterocycles. The minimum atomic E-state index is -0.238. The first-order valence-electron chi connectivity index (χ1n) is 5.75. The maximum absolute atomic E-state index is 13.2. The fourth-order valence-electron chi connectivity index (χ4n) is 1.97. The van der Waals surface area contributed by atoms with Gasteiger partial charge >= 0.3 is 0 Å². The Kier molecular flexibility index (Phi) is 4.48. The summed E-state index contributed by atoms with van der Waals surface area (Å²) in [5.74, 6) is -0.333. The van der Waals surface area contributed by atoms with Crippen LogP contribution in [0.25, 0.3) is 0 Å². The molecule has 0 aromatic heterocycles. The molecule has 0 fully saturated rings. The van der Waals surface area contributed by atoms with E-state index >= 15 is 0 Å². The highest BCUT2D eigenvalue weighted by Gasteiger charge is 2.12. The van der Waals surface area contributed by atoms with Crippen LogP contribution in [0.15, 0.2) is 48.5 Å². The summed E-state index contributed by atoms with van der Waals surface area (Å²) in [6, 6.07) is 13.1. The molecule has 0 heterocycles. The Bertz CT molecular complexity index is 525. The molecular weight excluding hydrogens is 298 g/mol. The predicted molar refractivity (Wildman–Crippen MR) is 73.0 cm³/mol. The second kappa shape index (κ2) is 6.10. The van der Waals surface area contributed by atoms with Crippen LogP contribution >= 0.6 is 15.9 Å². The van der Waals surface area contributed by atoms with Crippen LogP contribution in [0.5, 0.6) is 0 Å². The summed E-state index contributed by atoms with van der Waals surface area (Å²) in [6.45, 7) is 0. The number of alkyl halides is 1. The third-order valence-corrected chi connectivity index (χ3v) is 3.66. The number of hydrogen-bond donors (Lipinski definition) is 0. The van der Waals surface area contributed by atoms with Crippen molar-refractivity contribution >= 4 is 15.9 Å². The van der Waals surface area contributed by atoms with Crippen LogP contribution in [0.4, 0.5) is 8.78 Å². The van der Waals surface area contributed by atoms with E-state index in [4.69, 9.17) is 0 Å². The van der Waals surface area contributed by atoms with Gasteiger partial charge in [-0.3, -0.25) is 0 Å². The minimum Gasteiger partial charge on any atom is -0.207 e. The van der Waals surface area contributed by atoms with Gasteiger partial charge in [0.25, 0.3) is 0 Å². The van der Waals surface area contributed by atoms with Gasteiger partial charge in [-0.1, -0.05) is 40.2 Å². The maximum atomic E-state index is 13.2. The smallest absolute Gasteiger partial charge is 0.123 e. The first-order valence-corrected chi connectivity index (χ1v) is 6.87. The fraction of sp³-hybridized carbons (Fsp3) is 0.200. The molecule has 0 N–H and O–H groups in total. The third-order valence-electron chi connectivity index (χ3n) is 2.88. The zero-order valence-electron chi connectivity index (χ0n) is 9.74. The zero-order chi connectivity index (χ0) is 13.0. The van der Waals surface area contributed by atoms with Crippen LogP contribution in [-0.2, 0) is 6.42 Å². The lowest BCUT2D eigenvalue weighted by molar-refractivity contribution is 0.617. The molecule has 18 heavy (non-hydrogen) atoms. The first kappa shape index (κ1) is 13.2. The molecule has 1 unspecified atom stereocenters. The Morgan fingerprint density at radius 3 is 2.22 bits per heavy atom. The second-order valence-corrected chi connectivity index (χ2v) is 4.89. The summed E-state index contributed by atoms with van der Waals surface area (Å²) in [5.41, 5.74) is 1.85. The molecule has 0 bridgehead atoms. The first-order chi connectivity index (χ1) is 8.69. The highest BCUT2D eigenvalue weighted by atomic mass is 79.9. The monoisotopic (exact) mass is 310 g/mol. The molecule has 0 aliphatic carbocycles. The predicted octanol–water partition coefficient (Wildman–Crippen LogP) is 4.69. The van der Waals surface area contributed by atoms with E-state index in [0.717, 1.165) is 11.1 Å².